The largest absolute Gasteiger partial charge is 0.487 e. The summed E-state index contributed by atoms with van der Waals surface area (Å²) < 4.78 is 25.3. The second kappa shape index (κ2) is 8.87. The van der Waals surface area contributed by atoms with Gasteiger partial charge in [0.05, 0.1) is 6.04 Å². The highest BCUT2D eigenvalue weighted by Gasteiger charge is 2.36. The van der Waals surface area contributed by atoms with Crippen LogP contribution in [0, 0.1) is 5.82 Å². The smallest absolute Gasteiger partial charge is 0.191 e. The number of hydrogen-bond donors (Lipinski definition) is 2. The molecular formula is C25H32FN3O2. The van der Waals surface area contributed by atoms with Crippen LogP contribution in [-0.4, -0.2) is 38.4 Å². The molecule has 4 rings (SSSR count). The maximum Gasteiger partial charge on any atom is 0.191 e. The normalized spacial score (nSPS) is 22.2. The van der Waals surface area contributed by atoms with Crippen molar-refractivity contribution in [2.75, 3.05) is 26.8 Å². The lowest BCUT2D eigenvalue weighted by Gasteiger charge is -2.40. The van der Waals surface area contributed by atoms with Crippen LogP contribution in [0.2, 0.25) is 0 Å². The van der Waals surface area contributed by atoms with Gasteiger partial charge in [0.1, 0.15) is 17.2 Å². The van der Waals surface area contributed by atoms with Gasteiger partial charge in [0.25, 0.3) is 0 Å². The summed E-state index contributed by atoms with van der Waals surface area (Å²) in [6.07, 6.45) is 2.60. The Kier molecular flexibility index (Phi) is 6.19. The fourth-order valence-electron chi connectivity index (χ4n) is 4.68. The summed E-state index contributed by atoms with van der Waals surface area (Å²) >= 11 is 0. The number of fused-ring (bicyclic) bond motifs is 1. The number of hydrogen-bond acceptors (Lipinski definition) is 3. The van der Waals surface area contributed by atoms with Crippen molar-refractivity contribution < 1.29 is 13.9 Å². The van der Waals surface area contributed by atoms with Crippen LogP contribution in [-0.2, 0) is 10.2 Å². The highest BCUT2D eigenvalue weighted by atomic mass is 19.1. The van der Waals surface area contributed by atoms with Crippen LogP contribution >= 0.6 is 0 Å². The van der Waals surface area contributed by atoms with Gasteiger partial charge in [-0.1, -0.05) is 30.3 Å². The van der Waals surface area contributed by atoms with Gasteiger partial charge in [0.2, 0.25) is 0 Å². The first-order valence-electron chi connectivity index (χ1n) is 11.0. The third kappa shape index (κ3) is 4.85. The standard InChI is InChI=1S/C25H32FN3O2/c1-24(2)16-21(20-6-4-5-7-22(20)31-24)29-23(27-3)28-17-25(12-14-30-15-13-25)18-8-10-19(26)11-9-18/h4-11,21H,12-17H2,1-3H3,(H2,27,28,29). The number of nitrogens with one attached hydrogen (secondary N) is 2. The minimum absolute atomic E-state index is 0.0996. The van der Waals surface area contributed by atoms with Gasteiger partial charge in [0, 0.05) is 44.2 Å². The molecule has 1 fully saturated rings. The Bertz CT molecular complexity index is 921. The zero-order valence-corrected chi connectivity index (χ0v) is 18.6. The molecule has 31 heavy (non-hydrogen) atoms. The number of ether oxygens (including phenoxy) is 2. The fraction of sp³-hybridized carbons (Fsp3) is 0.480. The molecule has 166 valence electrons. The van der Waals surface area contributed by atoms with Gasteiger partial charge in [-0.25, -0.2) is 4.39 Å². The first-order valence-corrected chi connectivity index (χ1v) is 11.0. The van der Waals surface area contributed by atoms with Crippen molar-refractivity contribution in [2.24, 2.45) is 4.99 Å². The summed E-state index contributed by atoms with van der Waals surface area (Å²) in [6, 6.07) is 15.1. The molecule has 0 amide bonds. The number of nitrogens with zero attached hydrogens (tertiary/aromatic N) is 1. The van der Waals surface area contributed by atoms with E-state index >= 15 is 0 Å². The lowest BCUT2D eigenvalue weighted by atomic mass is 9.74. The number of para-hydroxylation sites is 1. The summed E-state index contributed by atoms with van der Waals surface area (Å²) in [5.41, 5.74) is 1.90. The van der Waals surface area contributed by atoms with Crippen molar-refractivity contribution in [1.82, 2.24) is 10.6 Å². The van der Waals surface area contributed by atoms with Gasteiger partial charge in [-0.2, -0.15) is 0 Å². The third-order valence-electron chi connectivity index (χ3n) is 6.41. The summed E-state index contributed by atoms with van der Waals surface area (Å²) in [6.45, 7) is 6.33. The second-order valence-electron chi connectivity index (χ2n) is 9.13. The Balaban J connectivity index is 1.50. The Labute approximate surface area is 184 Å². The predicted molar refractivity (Wildman–Crippen MR) is 121 cm³/mol. The van der Waals surface area contributed by atoms with Crippen LogP contribution in [0.1, 0.15) is 50.3 Å². The lowest BCUT2D eigenvalue weighted by molar-refractivity contribution is 0.0511. The zero-order chi connectivity index (χ0) is 21.9. The lowest BCUT2D eigenvalue weighted by Crippen LogP contribution is -2.50. The van der Waals surface area contributed by atoms with E-state index < -0.39 is 0 Å². The molecular weight excluding hydrogens is 393 g/mol. The van der Waals surface area contributed by atoms with Gasteiger partial charge in [-0.3, -0.25) is 4.99 Å². The highest BCUT2D eigenvalue weighted by molar-refractivity contribution is 5.80. The van der Waals surface area contributed by atoms with E-state index in [9.17, 15) is 4.39 Å². The summed E-state index contributed by atoms with van der Waals surface area (Å²) in [4.78, 5) is 4.49. The van der Waals surface area contributed by atoms with Gasteiger partial charge in [0.15, 0.2) is 5.96 Å². The van der Waals surface area contributed by atoms with E-state index in [1.807, 2.05) is 30.3 Å². The van der Waals surface area contributed by atoms with E-state index in [1.54, 1.807) is 19.2 Å². The number of guanidine groups is 1. The number of aliphatic imine (C=N–C) groups is 1. The third-order valence-corrected chi connectivity index (χ3v) is 6.41. The van der Waals surface area contributed by atoms with Crippen LogP contribution in [0.5, 0.6) is 5.75 Å². The van der Waals surface area contributed by atoms with E-state index in [1.165, 1.54) is 0 Å². The van der Waals surface area contributed by atoms with Crippen molar-refractivity contribution >= 4 is 5.96 Å². The molecule has 6 heteroatoms. The van der Waals surface area contributed by atoms with Crippen LogP contribution in [0.4, 0.5) is 4.39 Å². The monoisotopic (exact) mass is 425 g/mol. The number of halogens is 1. The van der Waals surface area contributed by atoms with Crippen LogP contribution in [0.15, 0.2) is 53.5 Å². The molecule has 2 N–H and O–H groups in total. The maximum atomic E-state index is 13.5. The van der Waals surface area contributed by atoms with E-state index in [2.05, 4.69) is 35.5 Å². The highest BCUT2D eigenvalue weighted by Crippen LogP contribution is 2.39. The molecule has 0 aliphatic carbocycles. The van der Waals surface area contributed by atoms with E-state index in [0.717, 1.165) is 42.1 Å². The minimum Gasteiger partial charge on any atom is -0.487 e. The van der Waals surface area contributed by atoms with Crippen LogP contribution in [0.3, 0.4) is 0 Å². The average molecular weight is 426 g/mol. The van der Waals surface area contributed by atoms with Crippen molar-refractivity contribution in [3.05, 3.63) is 65.5 Å². The van der Waals surface area contributed by atoms with Crippen molar-refractivity contribution in [2.45, 2.75) is 50.2 Å². The SMILES string of the molecule is CN=C(NCC1(c2ccc(F)cc2)CCOCC1)NC1CC(C)(C)Oc2ccccc21. The first-order chi connectivity index (χ1) is 14.9. The van der Waals surface area contributed by atoms with Gasteiger partial charge in [-0.15, -0.1) is 0 Å². The molecule has 0 spiro atoms. The summed E-state index contributed by atoms with van der Waals surface area (Å²) in [7, 11) is 1.79. The van der Waals surface area contributed by atoms with Crippen molar-refractivity contribution in [3.8, 4) is 5.75 Å². The molecule has 0 aromatic heterocycles. The molecule has 1 unspecified atom stereocenters. The van der Waals surface area contributed by atoms with E-state index in [4.69, 9.17) is 9.47 Å². The molecule has 2 aromatic rings. The minimum atomic E-state index is -0.263. The van der Waals surface area contributed by atoms with Gasteiger partial charge >= 0.3 is 0 Å². The number of rotatable bonds is 4. The maximum absolute atomic E-state index is 13.5. The molecule has 0 radical (unpaired) electrons. The Hall–Kier alpha value is -2.60. The Morgan fingerprint density at radius 2 is 1.81 bits per heavy atom. The number of benzene rings is 2. The molecule has 2 aromatic carbocycles. The van der Waals surface area contributed by atoms with E-state index in [-0.39, 0.29) is 22.9 Å². The Morgan fingerprint density at radius 1 is 1.10 bits per heavy atom. The summed E-state index contributed by atoms with van der Waals surface area (Å²) in [5, 5.41) is 7.15. The van der Waals surface area contributed by atoms with Gasteiger partial charge < -0.3 is 20.1 Å². The van der Waals surface area contributed by atoms with Crippen LogP contribution < -0.4 is 15.4 Å². The van der Waals surface area contributed by atoms with Crippen LogP contribution in [0.25, 0.3) is 0 Å². The second-order valence-corrected chi connectivity index (χ2v) is 9.13. The van der Waals surface area contributed by atoms with E-state index in [0.29, 0.717) is 19.8 Å². The Morgan fingerprint density at radius 3 is 2.52 bits per heavy atom. The molecule has 5 nitrogen and oxygen atoms in total. The molecule has 2 aliphatic heterocycles. The van der Waals surface area contributed by atoms with Crippen molar-refractivity contribution in [3.63, 3.8) is 0 Å². The predicted octanol–water partition coefficient (Wildman–Crippen LogP) is 4.34. The topological polar surface area (TPSA) is 54.9 Å². The molecule has 0 saturated carbocycles. The molecule has 1 saturated heterocycles. The molecule has 0 bridgehead atoms. The average Bonchev–Trinajstić information content (AvgIpc) is 2.77. The first kappa shape index (κ1) is 21.6. The van der Waals surface area contributed by atoms with Gasteiger partial charge in [-0.05, 0) is 50.5 Å². The fourth-order valence-corrected chi connectivity index (χ4v) is 4.68. The quantitative estimate of drug-likeness (QED) is 0.565. The molecule has 1 atom stereocenters. The summed E-state index contributed by atoms with van der Waals surface area (Å²) in [5.74, 6) is 1.46. The zero-order valence-electron chi connectivity index (χ0n) is 18.6. The molecule has 2 heterocycles. The van der Waals surface area contributed by atoms with Crippen molar-refractivity contribution in [1.29, 1.82) is 0 Å². The molecule has 2 aliphatic rings.